The molecule has 0 aromatic heterocycles. The van der Waals surface area contributed by atoms with Crippen LogP contribution in [0.1, 0.15) is 25.0 Å². The Kier molecular flexibility index (Phi) is 11.5. The van der Waals surface area contributed by atoms with Gasteiger partial charge in [0, 0.05) is 23.9 Å². The highest BCUT2D eigenvalue weighted by molar-refractivity contribution is 14.0. The molecule has 0 heterocycles. The van der Waals surface area contributed by atoms with Crippen molar-refractivity contribution in [3.8, 4) is 5.75 Å². The number of rotatable bonds is 7. The van der Waals surface area contributed by atoms with E-state index < -0.39 is 0 Å². The van der Waals surface area contributed by atoms with Crippen LogP contribution in [0.2, 0.25) is 0 Å². The first kappa shape index (κ1) is 21.4. The molecule has 0 saturated heterocycles. The number of methoxy groups -OCH3 is 1. The highest BCUT2D eigenvalue weighted by Gasteiger charge is 2.05. The first-order chi connectivity index (χ1) is 10.1. The van der Waals surface area contributed by atoms with E-state index in [1.54, 1.807) is 7.11 Å². The molecule has 0 aliphatic heterocycles. The second-order valence-corrected chi connectivity index (χ2v) is 6.21. The maximum absolute atomic E-state index is 5.42. The van der Waals surface area contributed by atoms with Crippen molar-refractivity contribution in [3.05, 3.63) is 29.3 Å². The second-order valence-electron chi connectivity index (χ2n) is 4.94. The van der Waals surface area contributed by atoms with E-state index in [1.807, 2.05) is 17.8 Å². The average molecular weight is 437 g/mol. The third kappa shape index (κ3) is 7.58. The van der Waals surface area contributed by atoms with Crippen LogP contribution in [-0.4, -0.2) is 37.7 Å². The fourth-order valence-corrected chi connectivity index (χ4v) is 2.06. The minimum absolute atomic E-state index is 0. The Morgan fingerprint density at radius 2 is 2.09 bits per heavy atom. The summed E-state index contributed by atoms with van der Waals surface area (Å²) in [7, 11) is 1.70. The van der Waals surface area contributed by atoms with Crippen molar-refractivity contribution >= 4 is 41.7 Å². The summed E-state index contributed by atoms with van der Waals surface area (Å²) >= 11 is 1.84. The number of halogens is 1. The third-order valence-corrected chi connectivity index (χ3v) is 4.13. The predicted molar refractivity (Wildman–Crippen MR) is 109 cm³/mol. The van der Waals surface area contributed by atoms with Crippen LogP contribution in [-0.2, 0) is 6.54 Å². The minimum atomic E-state index is 0. The Morgan fingerprint density at radius 3 is 2.68 bits per heavy atom. The van der Waals surface area contributed by atoms with Crippen LogP contribution in [0.5, 0.6) is 5.75 Å². The van der Waals surface area contributed by atoms with Gasteiger partial charge in [-0.3, -0.25) is 0 Å². The van der Waals surface area contributed by atoms with E-state index in [0.29, 0.717) is 11.8 Å². The zero-order valence-electron chi connectivity index (χ0n) is 14.1. The van der Waals surface area contributed by atoms with Crippen LogP contribution >= 0.6 is 35.7 Å². The lowest BCUT2D eigenvalue weighted by atomic mass is 10.1. The van der Waals surface area contributed by atoms with E-state index in [4.69, 9.17) is 4.74 Å². The Balaban J connectivity index is 0.00000441. The van der Waals surface area contributed by atoms with Crippen molar-refractivity contribution in [2.45, 2.75) is 32.6 Å². The number of hydrogen-bond acceptors (Lipinski definition) is 3. The molecule has 2 N–H and O–H groups in total. The topological polar surface area (TPSA) is 45.7 Å². The minimum Gasteiger partial charge on any atom is -0.496 e. The molecule has 1 atom stereocenters. The van der Waals surface area contributed by atoms with Gasteiger partial charge in [-0.25, -0.2) is 4.99 Å². The van der Waals surface area contributed by atoms with E-state index in [1.165, 1.54) is 5.56 Å². The number of thioether (sulfide) groups is 1. The lowest BCUT2D eigenvalue weighted by Gasteiger charge is -2.14. The van der Waals surface area contributed by atoms with Crippen LogP contribution < -0.4 is 15.4 Å². The quantitative estimate of drug-likeness (QED) is 0.390. The zero-order chi connectivity index (χ0) is 15.7. The molecule has 0 aliphatic rings. The lowest BCUT2D eigenvalue weighted by Crippen LogP contribution is -2.40. The molecule has 0 saturated carbocycles. The molecule has 4 nitrogen and oxygen atoms in total. The van der Waals surface area contributed by atoms with E-state index in [0.717, 1.165) is 30.4 Å². The van der Waals surface area contributed by atoms with E-state index in [-0.39, 0.29) is 24.0 Å². The Hall–Kier alpha value is -0.630. The van der Waals surface area contributed by atoms with Gasteiger partial charge in [0.15, 0.2) is 5.96 Å². The van der Waals surface area contributed by atoms with Crippen molar-refractivity contribution in [2.75, 3.05) is 26.5 Å². The third-order valence-electron chi connectivity index (χ3n) is 3.15. The summed E-state index contributed by atoms with van der Waals surface area (Å²) in [6, 6.07) is 6.20. The normalized spacial score (nSPS) is 12.3. The van der Waals surface area contributed by atoms with Gasteiger partial charge in [0.25, 0.3) is 0 Å². The van der Waals surface area contributed by atoms with Gasteiger partial charge in [-0.2, -0.15) is 11.8 Å². The number of hydrogen-bond donors (Lipinski definition) is 2. The summed E-state index contributed by atoms with van der Waals surface area (Å²) in [4.78, 5) is 4.63. The van der Waals surface area contributed by atoms with Crippen molar-refractivity contribution in [3.63, 3.8) is 0 Å². The van der Waals surface area contributed by atoms with Crippen molar-refractivity contribution in [1.29, 1.82) is 0 Å². The monoisotopic (exact) mass is 437 g/mol. The molecular weight excluding hydrogens is 409 g/mol. The van der Waals surface area contributed by atoms with E-state index in [2.05, 4.69) is 54.8 Å². The number of aryl methyl sites for hydroxylation is 1. The zero-order valence-corrected chi connectivity index (χ0v) is 17.2. The van der Waals surface area contributed by atoms with Gasteiger partial charge in [0.1, 0.15) is 5.75 Å². The first-order valence-corrected chi connectivity index (χ1v) is 8.58. The van der Waals surface area contributed by atoms with Gasteiger partial charge in [0.05, 0.1) is 13.7 Å². The largest absolute Gasteiger partial charge is 0.496 e. The van der Waals surface area contributed by atoms with Gasteiger partial charge in [0.2, 0.25) is 0 Å². The van der Waals surface area contributed by atoms with Crippen LogP contribution in [0.15, 0.2) is 23.2 Å². The molecule has 0 spiro atoms. The summed E-state index contributed by atoms with van der Waals surface area (Å²) in [5, 5.41) is 7.20. The molecule has 1 unspecified atom stereocenters. The molecule has 1 aromatic rings. The smallest absolute Gasteiger partial charge is 0.191 e. The number of ether oxygens (including phenoxy) is 1. The van der Waals surface area contributed by atoms with E-state index >= 15 is 0 Å². The van der Waals surface area contributed by atoms with Crippen LogP contribution in [0.4, 0.5) is 0 Å². The number of nitrogens with zero attached hydrogens (tertiary/aromatic N) is 1. The maximum atomic E-state index is 5.42. The highest BCUT2D eigenvalue weighted by atomic mass is 127. The number of nitrogens with one attached hydrogen (secondary N) is 2. The molecule has 0 aliphatic carbocycles. The summed E-state index contributed by atoms with van der Waals surface area (Å²) in [5.74, 6) is 1.74. The molecular formula is C16H28IN3OS. The van der Waals surface area contributed by atoms with Gasteiger partial charge in [-0.15, -0.1) is 24.0 Å². The summed E-state index contributed by atoms with van der Waals surface area (Å²) < 4.78 is 5.42. The molecule has 22 heavy (non-hydrogen) atoms. The van der Waals surface area contributed by atoms with Crippen molar-refractivity contribution in [2.24, 2.45) is 4.99 Å². The van der Waals surface area contributed by atoms with Crippen LogP contribution in [0.3, 0.4) is 0 Å². The lowest BCUT2D eigenvalue weighted by molar-refractivity contribution is 0.409. The molecule has 0 amide bonds. The summed E-state index contributed by atoms with van der Waals surface area (Å²) in [6.45, 7) is 8.69. The van der Waals surface area contributed by atoms with E-state index in [9.17, 15) is 0 Å². The molecule has 0 bridgehead atoms. The van der Waals surface area contributed by atoms with Gasteiger partial charge < -0.3 is 15.4 Å². The van der Waals surface area contributed by atoms with Gasteiger partial charge in [-0.05, 0) is 31.7 Å². The highest BCUT2D eigenvalue weighted by Crippen LogP contribution is 2.20. The number of benzene rings is 1. The molecule has 1 aromatic carbocycles. The Labute approximate surface area is 155 Å². The Bertz CT molecular complexity index is 469. The fraction of sp³-hybridized carbons (Fsp3) is 0.562. The van der Waals surface area contributed by atoms with Crippen molar-refractivity contribution in [1.82, 2.24) is 10.6 Å². The Morgan fingerprint density at radius 1 is 1.36 bits per heavy atom. The standard InChI is InChI=1S/C16H27N3OS.HI/c1-6-17-16(18-10-13(3)21-5)19-11-14-8-7-12(2)9-15(14)20-4;/h7-9,13H,6,10-11H2,1-5H3,(H2,17,18,19);1H. The SMILES string of the molecule is CCNC(=NCc1ccc(C)cc1OC)NCC(C)SC.I. The molecule has 0 fully saturated rings. The number of guanidine groups is 1. The number of aliphatic imine (C=N–C) groups is 1. The van der Waals surface area contributed by atoms with Crippen LogP contribution in [0.25, 0.3) is 0 Å². The van der Waals surface area contributed by atoms with Crippen LogP contribution in [0, 0.1) is 6.92 Å². The molecule has 6 heteroatoms. The van der Waals surface area contributed by atoms with Gasteiger partial charge >= 0.3 is 0 Å². The predicted octanol–water partition coefficient (Wildman–Crippen LogP) is 3.43. The average Bonchev–Trinajstić information content (AvgIpc) is 2.50. The molecule has 1 rings (SSSR count). The molecule has 0 radical (unpaired) electrons. The van der Waals surface area contributed by atoms with Crippen molar-refractivity contribution < 1.29 is 4.74 Å². The fourth-order valence-electron chi connectivity index (χ4n) is 1.81. The summed E-state index contributed by atoms with van der Waals surface area (Å²) in [5.41, 5.74) is 2.29. The summed E-state index contributed by atoms with van der Waals surface area (Å²) in [6.07, 6.45) is 2.12. The second kappa shape index (κ2) is 11.9. The maximum Gasteiger partial charge on any atom is 0.191 e. The van der Waals surface area contributed by atoms with Gasteiger partial charge in [-0.1, -0.05) is 19.1 Å². The first-order valence-electron chi connectivity index (χ1n) is 7.29. The molecule has 126 valence electrons.